The van der Waals surface area contributed by atoms with E-state index in [-0.39, 0.29) is 0 Å². The van der Waals surface area contributed by atoms with Crippen LogP contribution in [0.4, 0.5) is 0 Å². The molecule has 1 atom stereocenters. The quantitative estimate of drug-likeness (QED) is 0.654. The van der Waals surface area contributed by atoms with Gasteiger partial charge in [-0.1, -0.05) is 12.8 Å². The molecule has 2 spiro atoms. The molecule has 0 aromatic heterocycles. The van der Waals surface area contributed by atoms with E-state index < -0.39 is 0 Å². The first-order valence-electron chi connectivity index (χ1n) is 6.66. The van der Waals surface area contributed by atoms with Crippen LogP contribution >= 0.6 is 0 Å². The third-order valence-electron chi connectivity index (χ3n) is 5.47. The topological polar surface area (TPSA) is 15.3 Å². The summed E-state index contributed by atoms with van der Waals surface area (Å²) in [5.41, 5.74) is 1.36. The second kappa shape index (κ2) is 3.46. The standard InChI is InChI=1S/C13H24N2/c1-15-9-7-12(6-8-14-10-12)13(11-15)4-2-3-5-13/h14H,2-11H2,1H3. The lowest BCUT2D eigenvalue weighted by atomic mass is 9.58. The van der Waals surface area contributed by atoms with Crippen molar-refractivity contribution in [3.63, 3.8) is 0 Å². The van der Waals surface area contributed by atoms with Crippen molar-refractivity contribution in [1.82, 2.24) is 10.2 Å². The fourth-order valence-electron chi connectivity index (χ4n) is 4.58. The van der Waals surface area contributed by atoms with Crippen molar-refractivity contribution in [2.75, 3.05) is 33.2 Å². The van der Waals surface area contributed by atoms with Gasteiger partial charge in [0.25, 0.3) is 0 Å². The summed E-state index contributed by atoms with van der Waals surface area (Å²) in [5, 5.41) is 3.63. The normalized spacial score (nSPS) is 40.6. The zero-order chi connectivity index (χ0) is 10.4. The van der Waals surface area contributed by atoms with Gasteiger partial charge in [0, 0.05) is 13.1 Å². The Hall–Kier alpha value is -0.0800. The van der Waals surface area contributed by atoms with Crippen molar-refractivity contribution in [1.29, 1.82) is 0 Å². The highest BCUT2D eigenvalue weighted by Crippen LogP contribution is 2.58. The van der Waals surface area contributed by atoms with E-state index in [1.54, 1.807) is 0 Å². The van der Waals surface area contributed by atoms with Crippen LogP contribution in [0.15, 0.2) is 0 Å². The molecule has 1 saturated carbocycles. The van der Waals surface area contributed by atoms with Crippen molar-refractivity contribution in [2.45, 2.75) is 38.5 Å². The van der Waals surface area contributed by atoms with Gasteiger partial charge in [0.1, 0.15) is 0 Å². The third-order valence-corrected chi connectivity index (χ3v) is 5.47. The lowest BCUT2D eigenvalue weighted by Crippen LogP contribution is -2.54. The summed E-state index contributed by atoms with van der Waals surface area (Å²) in [6.45, 7) is 5.27. The summed E-state index contributed by atoms with van der Waals surface area (Å²) in [4.78, 5) is 2.58. The van der Waals surface area contributed by atoms with Gasteiger partial charge in [0.15, 0.2) is 0 Å². The molecule has 2 nitrogen and oxygen atoms in total. The average molecular weight is 208 g/mol. The first-order valence-corrected chi connectivity index (χ1v) is 6.66. The third kappa shape index (κ3) is 1.38. The van der Waals surface area contributed by atoms with Crippen molar-refractivity contribution in [2.24, 2.45) is 10.8 Å². The molecular formula is C13H24N2. The number of hydrogen-bond donors (Lipinski definition) is 1. The number of nitrogens with one attached hydrogen (secondary N) is 1. The van der Waals surface area contributed by atoms with E-state index >= 15 is 0 Å². The van der Waals surface area contributed by atoms with Crippen molar-refractivity contribution < 1.29 is 0 Å². The maximum Gasteiger partial charge on any atom is 0.00407 e. The molecule has 15 heavy (non-hydrogen) atoms. The van der Waals surface area contributed by atoms with Gasteiger partial charge < -0.3 is 10.2 Å². The summed E-state index contributed by atoms with van der Waals surface area (Å²) < 4.78 is 0. The van der Waals surface area contributed by atoms with Gasteiger partial charge in [-0.3, -0.25) is 0 Å². The largest absolute Gasteiger partial charge is 0.316 e. The predicted octanol–water partition coefficient (Wildman–Crippen LogP) is 1.86. The van der Waals surface area contributed by atoms with E-state index in [1.807, 2.05) is 0 Å². The smallest absolute Gasteiger partial charge is 0.00407 e. The fraction of sp³-hybridized carbons (Fsp3) is 1.00. The average Bonchev–Trinajstić information content (AvgIpc) is 2.83. The summed E-state index contributed by atoms with van der Waals surface area (Å²) in [6, 6.07) is 0. The van der Waals surface area contributed by atoms with E-state index in [9.17, 15) is 0 Å². The van der Waals surface area contributed by atoms with E-state index in [2.05, 4.69) is 17.3 Å². The molecule has 2 heteroatoms. The second-order valence-electron chi connectivity index (χ2n) is 6.18. The minimum absolute atomic E-state index is 0.677. The number of nitrogens with zero attached hydrogens (tertiary/aromatic N) is 1. The van der Waals surface area contributed by atoms with Gasteiger partial charge in [0.2, 0.25) is 0 Å². The van der Waals surface area contributed by atoms with E-state index in [0.29, 0.717) is 10.8 Å². The Morgan fingerprint density at radius 2 is 1.80 bits per heavy atom. The van der Waals surface area contributed by atoms with Crippen molar-refractivity contribution in [3.8, 4) is 0 Å². The number of fused-ring (bicyclic) bond motifs is 1. The molecule has 3 fully saturated rings. The summed E-state index contributed by atoms with van der Waals surface area (Å²) in [6.07, 6.45) is 8.85. The van der Waals surface area contributed by atoms with Crippen LogP contribution < -0.4 is 5.32 Å². The van der Waals surface area contributed by atoms with Crippen LogP contribution in [-0.4, -0.2) is 38.1 Å². The minimum atomic E-state index is 0.677. The summed E-state index contributed by atoms with van der Waals surface area (Å²) >= 11 is 0. The minimum Gasteiger partial charge on any atom is -0.316 e. The molecule has 0 amide bonds. The van der Waals surface area contributed by atoms with Crippen LogP contribution in [0, 0.1) is 10.8 Å². The highest BCUT2D eigenvalue weighted by atomic mass is 15.1. The lowest BCUT2D eigenvalue weighted by molar-refractivity contribution is -0.0299. The SMILES string of the molecule is CN1CCC2(CCNC2)C2(CCCC2)C1. The maximum atomic E-state index is 3.63. The molecule has 0 aromatic rings. The molecule has 2 heterocycles. The Morgan fingerprint density at radius 1 is 1.00 bits per heavy atom. The van der Waals surface area contributed by atoms with Gasteiger partial charge in [-0.2, -0.15) is 0 Å². The number of hydrogen-bond acceptors (Lipinski definition) is 2. The fourth-order valence-corrected chi connectivity index (χ4v) is 4.58. The van der Waals surface area contributed by atoms with Crippen molar-refractivity contribution >= 4 is 0 Å². The molecule has 2 aliphatic heterocycles. The van der Waals surface area contributed by atoms with Gasteiger partial charge in [-0.25, -0.2) is 0 Å². The number of rotatable bonds is 0. The molecule has 1 unspecified atom stereocenters. The zero-order valence-electron chi connectivity index (χ0n) is 10.0. The van der Waals surface area contributed by atoms with E-state index in [1.165, 1.54) is 64.7 Å². The molecule has 0 radical (unpaired) electrons. The Morgan fingerprint density at radius 3 is 2.47 bits per heavy atom. The van der Waals surface area contributed by atoms with Gasteiger partial charge in [-0.15, -0.1) is 0 Å². The van der Waals surface area contributed by atoms with Gasteiger partial charge in [0.05, 0.1) is 0 Å². The van der Waals surface area contributed by atoms with Gasteiger partial charge >= 0.3 is 0 Å². The Balaban J connectivity index is 1.91. The second-order valence-corrected chi connectivity index (χ2v) is 6.18. The molecule has 3 rings (SSSR count). The monoisotopic (exact) mass is 208 g/mol. The number of piperidine rings is 1. The van der Waals surface area contributed by atoms with E-state index in [0.717, 1.165) is 0 Å². The van der Waals surface area contributed by atoms with Crippen LogP contribution in [-0.2, 0) is 0 Å². The molecule has 2 saturated heterocycles. The lowest BCUT2D eigenvalue weighted by Gasteiger charge is -2.53. The Bertz CT molecular complexity index is 237. The highest BCUT2D eigenvalue weighted by molar-refractivity contribution is 5.08. The first kappa shape index (κ1) is 10.1. The first-order chi connectivity index (χ1) is 7.27. The van der Waals surface area contributed by atoms with Gasteiger partial charge in [-0.05, 0) is 56.7 Å². The van der Waals surface area contributed by atoms with E-state index in [4.69, 9.17) is 0 Å². The maximum absolute atomic E-state index is 3.63. The zero-order valence-corrected chi connectivity index (χ0v) is 10.0. The van der Waals surface area contributed by atoms with Crippen LogP contribution in [0.2, 0.25) is 0 Å². The molecule has 0 aromatic carbocycles. The number of likely N-dealkylation sites (tertiary alicyclic amines) is 1. The molecule has 0 bridgehead atoms. The summed E-state index contributed by atoms with van der Waals surface area (Å²) in [7, 11) is 2.31. The van der Waals surface area contributed by atoms with Crippen molar-refractivity contribution in [3.05, 3.63) is 0 Å². The Labute approximate surface area is 93.4 Å². The molecule has 1 aliphatic carbocycles. The Kier molecular flexibility index (Phi) is 2.33. The van der Waals surface area contributed by atoms with Crippen LogP contribution in [0.1, 0.15) is 38.5 Å². The molecular weight excluding hydrogens is 184 g/mol. The molecule has 3 aliphatic rings. The summed E-state index contributed by atoms with van der Waals surface area (Å²) in [5.74, 6) is 0. The predicted molar refractivity (Wildman–Crippen MR) is 62.9 cm³/mol. The highest BCUT2D eigenvalue weighted by Gasteiger charge is 2.55. The molecule has 86 valence electrons. The van der Waals surface area contributed by atoms with Crippen LogP contribution in [0.3, 0.4) is 0 Å². The molecule has 1 N–H and O–H groups in total. The van der Waals surface area contributed by atoms with Crippen LogP contribution in [0.25, 0.3) is 0 Å². The van der Waals surface area contributed by atoms with Crippen LogP contribution in [0.5, 0.6) is 0 Å².